The van der Waals surface area contributed by atoms with Crippen LogP contribution in [0.2, 0.25) is 0 Å². The highest BCUT2D eigenvalue weighted by Gasteiger charge is 2.33. The predicted octanol–water partition coefficient (Wildman–Crippen LogP) is 1.21. The van der Waals surface area contributed by atoms with Crippen molar-refractivity contribution in [1.29, 1.82) is 0 Å². The molecule has 0 atom stereocenters. The maximum absolute atomic E-state index is 11.5. The maximum atomic E-state index is 11.5. The minimum Gasteiger partial charge on any atom is -0.460 e. The van der Waals surface area contributed by atoms with Gasteiger partial charge in [-0.3, -0.25) is 0 Å². The molecule has 0 bridgehead atoms. The van der Waals surface area contributed by atoms with Crippen LogP contribution < -0.4 is 5.32 Å². The summed E-state index contributed by atoms with van der Waals surface area (Å²) in [7, 11) is 0. The number of hydrogen-bond acceptors (Lipinski definition) is 2. The zero-order chi connectivity index (χ0) is 9.90. The second-order valence-electron chi connectivity index (χ2n) is 2.97. The van der Waals surface area contributed by atoms with Crippen LogP contribution in [-0.4, -0.2) is 24.6 Å². The number of rotatable bonds is 2. The summed E-state index contributed by atoms with van der Waals surface area (Å²) in [6.45, 7) is 2.16. The summed E-state index contributed by atoms with van der Waals surface area (Å²) in [5, 5.41) is 2.26. The van der Waals surface area contributed by atoms with Gasteiger partial charge in [0.2, 0.25) is -0.565 Å². The molecular formula is C7H11I3NO2+. The molecule has 1 rings (SSSR count). The Bertz CT molecular complexity index is 187. The van der Waals surface area contributed by atoms with Gasteiger partial charge in [0.25, 0.3) is 0 Å². The first kappa shape index (κ1) is 12.7. The number of carbonyl (C=O) groups is 1. The highest BCUT2D eigenvalue weighted by molar-refractivity contribution is 14.3. The SMILES string of the molecule is O=C(OC1CC[NH2+]CC1)C(I)(I)I. The van der Waals surface area contributed by atoms with Crippen molar-refractivity contribution in [2.24, 2.45) is 0 Å². The number of esters is 1. The molecule has 0 aromatic carbocycles. The average Bonchev–Trinajstić information content (AvgIpc) is 2.04. The minimum absolute atomic E-state index is 0.110. The second-order valence-corrected chi connectivity index (χ2v) is 14.0. The number of piperidine rings is 1. The summed E-state index contributed by atoms with van der Waals surface area (Å²) in [5.74, 6) is -0.110. The van der Waals surface area contributed by atoms with Crippen molar-refractivity contribution in [3.05, 3.63) is 0 Å². The average molecular weight is 522 g/mol. The molecule has 3 nitrogen and oxygen atoms in total. The van der Waals surface area contributed by atoms with Crippen molar-refractivity contribution in [1.82, 2.24) is 0 Å². The lowest BCUT2D eigenvalue weighted by molar-refractivity contribution is -0.664. The van der Waals surface area contributed by atoms with E-state index in [4.69, 9.17) is 4.74 Å². The Morgan fingerprint density at radius 2 is 1.85 bits per heavy atom. The van der Waals surface area contributed by atoms with E-state index in [1.807, 2.05) is 0 Å². The van der Waals surface area contributed by atoms with Gasteiger partial charge < -0.3 is 10.1 Å². The molecule has 6 heteroatoms. The molecule has 0 unspecified atom stereocenters. The van der Waals surface area contributed by atoms with Crippen LogP contribution in [0.1, 0.15) is 12.8 Å². The Hall–Kier alpha value is 1.62. The fourth-order valence-electron chi connectivity index (χ4n) is 1.23. The molecule has 0 aromatic rings. The number of carbonyl (C=O) groups excluding carboxylic acids is 1. The van der Waals surface area contributed by atoms with Crippen molar-refractivity contribution in [2.45, 2.75) is 18.4 Å². The Balaban J connectivity index is 2.35. The largest absolute Gasteiger partial charge is 0.460 e. The molecule has 1 fully saturated rings. The zero-order valence-electron chi connectivity index (χ0n) is 6.93. The van der Waals surface area contributed by atoms with Crippen LogP contribution >= 0.6 is 67.8 Å². The lowest BCUT2D eigenvalue weighted by Gasteiger charge is -2.22. The van der Waals surface area contributed by atoms with Crippen molar-refractivity contribution >= 4 is 73.7 Å². The standard InChI is InChI=1S/C7H10I3NO2/c8-7(9,10)6(12)13-5-1-3-11-4-2-5/h5,11H,1-4H2/p+1. The molecule has 1 aliphatic heterocycles. The van der Waals surface area contributed by atoms with Gasteiger partial charge in [-0.15, -0.1) is 0 Å². The molecule has 1 aliphatic rings. The van der Waals surface area contributed by atoms with E-state index in [2.05, 4.69) is 73.1 Å². The number of nitrogens with two attached hydrogens (primary N) is 1. The van der Waals surface area contributed by atoms with E-state index >= 15 is 0 Å². The normalized spacial score (nSPS) is 19.9. The fraction of sp³-hybridized carbons (Fsp3) is 0.857. The molecule has 0 aromatic heterocycles. The van der Waals surface area contributed by atoms with Gasteiger partial charge >= 0.3 is 5.97 Å². The van der Waals surface area contributed by atoms with Crippen LogP contribution in [0.3, 0.4) is 0 Å². The topological polar surface area (TPSA) is 42.9 Å². The van der Waals surface area contributed by atoms with Crippen LogP contribution in [0.5, 0.6) is 0 Å². The van der Waals surface area contributed by atoms with E-state index in [9.17, 15) is 4.79 Å². The molecular weight excluding hydrogens is 511 g/mol. The van der Waals surface area contributed by atoms with Gasteiger partial charge in [0.05, 0.1) is 13.1 Å². The van der Waals surface area contributed by atoms with Crippen LogP contribution in [0.25, 0.3) is 0 Å². The highest BCUT2D eigenvalue weighted by atomic mass is 127. The maximum Gasteiger partial charge on any atom is 0.342 e. The van der Waals surface area contributed by atoms with Gasteiger partial charge in [-0.25, -0.2) is 4.79 Å². The van der Waals surface area contributed by atoms with Crippen LogP contribution in [0, 0.1) is 0 Å². The number of alkyl halides is 3. The summed E-state index contributed by atoms with van der Waals surface area (Å²) >= 11 is 6.27. The first-order chi connectivity index (χ1) is 6.00. The number of quaternary nitrogens is 1. The monoisotopic (exact) mass is 522 g/mol. The van der Waals surface area contributed by atoms with E-state index in [1.54, 1.807) is 0 Å². The molecule has 2 N–H and O–H groups in total. The molecule has 13 heavy (non-hydrogen) atoms. The number of hydrogen-bond donors (Lipinski definition) is 1. The highest BCUT2D eigenvalue weighted by Crippen LogP contribution is 2.37. The van der Waals surface area contributed by atoms with E-state index in [1.165, 1.54) is 0 Å². The Morgan fingerprint density at radius 1 is 1.31 bits per heavy atom. The molecule has 1 heterocycles. The first-order valence-electron chi connectivity index (χ1n) is 4.09. The summed E-state index contributed by atoms with van der Waals surface area (Å²) in [5.41, 5.74) is 0. The molecule has 76 valence electrons. The van der Waals surface area contributed by atoms with E-state index in [-0.39, 0.29) is 12.1 Å². The summed E-state index contributed by atoms with van der Waals surface area (Å²) < 4.78 is 4.92. The summed E-state index contributed by atoms with van der Waals surface area (Å²) in [6, 6.07) is 0. The molecule has 0 radical (unpaired) electrons. The molecule has 0 saturated carbocycles. The smallest absolute Gasteiger partial charge is 0.342 e. The predicted molar refractivity (Wildman–Crippen MR) is 75.6 cm³/mol. The third-order valence-electron chi connectivity index (χ3n) is 1.89. The lowest BCUT2D eigenvalue weighted by atomic mass is 10.1. The number of ether oxygens (including phenoxy) is 1. The van der Waals surface area contributed by atoms with Gasteiger partial charge in [0.1, 0.15) is 6.10 Å². The second kappa shape index (κ2) is 5.64. The van der Waals surface area contributed by atoms with Gasteiger partial charge in [0, 0.05) is 12.8 Å². The van der Waals surface area contributed by atoms with Crippen molar-refractivity contribution < 1.29 is 14.8 Å². The molecule has 0 amide bonds. The Labute approximate surface area is 119 Å². The molecule has 0 spiro atoms. The lowest BCUT2D eigenvalue weighted by Crippen LogP contribution is -2.86. The summed E-state index contributed by atoms with van der Waals surface area (Å²) in [6.07, 6.45) is 2.13. The van der Waals surface area contributed by atoms with Crippen LogP contribution in [0.4, 0.5) is 0 Å². The fourth-order valence-corrected chi connectivity index (χ4v) is 1.61. The minimum atomic E-state index is -0.450. The van der Waals surface area contributed by atoms with Crippen LogP contribution in [-0.2, 0) is 9.53 Å². The molecule has 1 saturated heterocycles. The third kappa shape index (κ3) is 4.78. The van der Waals surface area contributed by atoms with E-state index in [0.29, 0.717) is 0 Å². The van der Waals surface area contributed by atoms with Crippen molar-refractivity contribution in [2.75, 3.05) is 13.1 Å². The third-order valence-corrected chi connectivity index (χ3v) is 3.21. The van der Waals surface area contributed by atoms with Gasteiger partial charge in [0.15, 0.2) is 0 Å². The number of halogens is 3. The quantitative estimate of drug-likeness (QED) is 0.337. The van der Waals surface area contributed by atoms with Crippen molar-refractivity contribution in [3.8, 4) is 0 Å². The summed E-state index contributed by atoms with van der Waals surface area (Å²) in [4.78, 5) is 11.5. The van der Waals surface area contributed by atoms with E-state index in [0.717, 1.165) is 25.9 Å². The Morgan fingerprint density at radius 3 is 2.31 bits per heavy atom. The van der Waals surface area contributed by atoms with Gasteiger partial charge in [-0.05, 0) is 67.8 Å². The van der Waals surface area contributed by atoms with Gasteiger partial charge in [-0.2, -0.15) is 0 Å². The zero-order valence-corrected chi connectivity index (χ0v) is 13.4. The van der Waals surface area contributed by atoms with Crippen molar-refractivity contribution in [3.63, 3.8) is 0 Å². The molecule has 0 aliphatic carbocycles. The van der Waals surface area contributed by atoms with E-state index < -0.39 is -0.565 Å². The van der Waals surface area contributed by atoms with Gasteiger partial charge in [-0.1, -0.05) is 0 Å². The Kier molecular flexibility index (Phi) is 5.50. The first-order valence-corrected chi connectivity index (χ1v) is 7.33. The van der Waals surface area contributed by atoms with Crippen LogP contribution in [0.15, 0.2) is 0 Å².